The van der Waals surface area contributed by atoms with Gasteiger partial charge in [-0.15, -0.1) is 11.6 Å². The third-order valence-corrected chi connectivity index (χ3v) is 2.05. The molecule has 0 fully saturated rings. The lowest BCUT2D eigenvalue weighted by Crippen LogP contribution is -2.01. The van der Waals surface area contributed by atoms with Gasteiger partial charge in [-0.2, -0.15) is 0 Å². The van der Waals surface area contributed by atoms with Crippen LogP contribution in [0.5, 0.6) is 0 Å². The maximum atomic E-state index is 10.4. The standard InChI is InChI=1S/C11H13ClO2/c1-8(12)6-9-2-4-10(5-3-9)7-11(13)14/h2-5,8H,6-7H2,1H3,(H,13,14). The molecule has 2 nitrogen and oxygen atoms in total. The van der Waals surface area contributed by atoms with E-state index in [9.17, 15) is 4.79 Å². The number of aliphatic carboxylic acids is 1. The van der Waals surface area contributed by atoms with Crippen molar-refractivity contribution in [1.82, 2.24) is 0 Å². The molecule has 1 rings (SSSR count). The Morgan fingerprint density at radius 1 is 1.36 bits per heavy atom. The Bertz CT molecular complexity index is 304. The van der Waals surface area contributed by atoms with E-state index in [-0.39, 0.29) is 11.8 Å². The van der Waals surface area contributed by atoms with Crippen LogP contribution in [0, 0.1) is 0 Å². The van der Waals surface area contributed by atoms with Crippen LogP contribution in [-0.4, -0.2) is 16.5 Å². The van der Waals surface area contributed by atoms with Crippen molar-refractivity contribution in [2.24, 2.45) is 0 Å². The topological polar surface area (TPSA) is 37.3 Å². The van der Waals surface area contributed by atoms with Crippen LogP contribution in [0.4, 0.5) is 0 Å². The molecule has 0 radical (unpaired) electrons. The summed E-state index contributed by atoms with van der Waals surface area (Å²) in [7, 11) is 0. The van der Waals surface area contributed by atoms with Gasteiger partial charge < -0.3 is 5.11 Å². The molecule has 0 bridgehead atoms. The van der Waals surface area contributed by atoms with E-state index in [1.165, 1.54) is 0 Å². The van der Waals surface area contributed by atoms with Crippen molar-refractivity contribution in [2.45, 2.75) is 25.1 Å². The summed E-state index contributed by atoms with van der Waals surface area (Å²) in [5, 5.41) is 8.67. The van der Waals surface area contributed by atoms with Crippen molar-refractivity contribution in [3.63, 3.8) is 0 Å². The fourth-order valence-electron chi connectivity index (χ4n) is 1.29. The number of carbonyl (C=O) groups is 1. The van der Waals surface area contributed by atoms with Crippen molar-refractivity contribution >= 4 is 17.6 Å². The molecule has 0 amide bonds. The molecule has 0 saturated heterocycles. The quantitative estimate of drug-likeness (QED) is 0.779. The number of rotatable bonds is 4. The highest BCUT2D eigenvalue weighted by Gasteiger charge is 2.02. The van der Waals surface area contributed by atoms with Gasteiger partial charge in [-0.05, 0) is 24.5 Å². The van der Waals surface area contributed by atoms with E-state index in [2.05, 4.69) is 0 Å². The lowest BCUT2D eigenvalue weighted by molar-refractivity contribution is -0.136. The zero-order chi connectivity index (χ0) is 10.6. The smallest absolute Gasteiger partial charge is 0.307 e. The molecule has 1 aromatic carbocycles. The number of hydrogen-bond donors (Lipinski definition) is 1. The number of alkyl halides is 1. The van der Waals surface area contributed by atoms with Crippen molar-refractivity contribution in [2.75, 3.05) is 0 Å². The number of carboxylic acids is 1. The molecular formula is C11H13ClO2. The SMILES string of the molecule is CC(Cl)Cc1ccc(CC(=O)O)cc1. The molecule has 76 valence electrons. The molecular weight excluding hydrogens is 200 g/mol. The molecule has 0 aromatic heterocycles. The van der Waals surface area contributed by atoms with Crippen LogP contribution in [0.25, 0.3) is 0 Å². The highest BCUT2D eigenvalue weighted by Crippen LogP contribution is 2.10. The predicted octanol–water partition coefficient (Wildman–Crippen LogP) is 2.48. The Kier molecular flexibility index (Phi) is 3.96. The van der Waals surface area contributed by atoms with Crippen LogP contribution in [0.3, 0.4) is 0 Å². The van der Waals surface area contributed by atoms with Gasteiger partial charge in [0, 0.05) is 5.38 Å². The summed E-state index contributed by atoms with van der Waals surface area (Å²) in [5.41, 5.74) is 1.96. The minimum Gasteiger partial charge on any atom is -0.481 e. The van der Waals surface area contributed by atoms with Crippen LogP contribution < -0.4 is 0 Å². The number of carboxylic acid groups (broad SMARTS) is 1. The van der Waals surface area contributed by atoms with Gasteiger partial charge >= 0.3 is 5.97 Å². The largest absolute Gasteiger partial charge is 0.481 e. The van der Waals surface area contributed by atoms with E-state index in [0.29, 0.717) is 0 Å². The van der Waals surface area contributed by atoms with Gasteiger partial charge in [0.15, 0.2) is 0 Å². The van der Waals surface area contributed by atoms with Crippen molar-refractivity contribution < 1.29 is 9.90 Å². The van der Waals surface area contributed by atoms with Crippen molar-refractivity contribution in [1.29, 1.82) is 0 Å². The Morgan fingerprint density at radius 3 is 2.29 bits per heavy atom. The Labute approximate surface area is 88.5 Å². The van der Waals surface area contributed by atoms with Crippen molar-refractivity contribution in [3.8, 4) is 0 Å². The van der Waals surface area contributed by atoms with Crippen molar-refractivity contribution in [3.05, 3.63) is 35.4 Å². The predicted molar refractivity (Wildman–Crippen MR) is 56.8 cm³/mol. The molecule has 14 heavy (non-hydrogen) atoms. The number of halogens is 1. The summed E-state index contributed by atoms with van der Waals surface area (Å²) in [4.78, 5) is 10.4. The molecule has 0 aliphatic rings. The highest BCUT2D eigenvalue weighted by molar-refractivity contribution is 6.20. The first-order valence-electron chi connectivity index (χ1n) is 4.51. The molecule has 1 aromatic rings. The second kappa shape index (κ2) is 5.01. The first-order chi connectivity index (χ1) is 6.58. The third-order valence-electron chi connectivity index (χ3n) is 1.90. The average molecular weight is 213 g/mol. The maximum Gasteiger partial charge on any atom is 0.307 e. The third kappa shape index (κ3) is 3.79. The second-order valence-corrected chi connectivity index (χ2v) is 4.12. The molecule has 0 spiro atoms. The molecule has 1 atom stereocenters. The fourth-order valence-corrected chi connectivity index (χ4v) is 1.47. The normalized spacial score (nSPS) is 12.4. The van der Waals surface area contributed by atoms with Crippen LogP contribution in [0.15, 0.2) is 24.3 Å². The lowest BCUT2D eigenvalue weighted by Gasteiger charge is -2.03. The molecule has 0 saturated carbocycles. The van der Waals surface area contributed by atoms with Crippen LogP contribution in [-0.2, 0) is 17.6 Å². The van der Waals surface area contributed by atoms with Gasteiger partial charge in [0.05, 0.1) is 6.42 Å². The molecule has 0 heterocycles. The molecule has 1 unspecified atom stereocenters. The van der Waals surface area contributed by atoms with Crippen LogP contribution in [0.1, 0.15) is 18.1 Å². The summed E-state index contributed by atoms with van der Waals surface area (Å²) >= 11 is 5.84. The minimum atomic E-state index is -0.802. The Hall–Kier alpha value is -1.02. The van der Waals surface area contributed by atoms with E-state index < -0.39 is 5.97 Å². The first kappa shape index (κ1) is 11.1. The van der Waals surface area contributed by atoms with Gasteiger partial charge in [0.2, 0.25) is 0 Å². The van der Waals surface area contributed by atoms with Gasteiger partial charge in [-0.25, -0.2) is 0 Å². The summed E-state index contributed by atoms with van der Waals surface area (Å²) < 4.78 is 0. The number of hydrogen-bond acceptors (Lipinski definition) is 1. The summed E-state index contributed by atoms with van der Waals surface area (Å²) in [5.74, 6) is -0.802. The van der Waals surface area contributed by atoms with Crippen LogP contribution in [0.2, 0.25) is 0 Å². The zero-order valence-electron chi connectivity index (χ0n) is 8.03. The van der Waals surface area contributed by atoms with E-state index in [0.717, 1.165) is 17.5 Å². The Morgan fingerprint density at radius 2 is 1.86 bits per heavy atom. The number of benzene rings is 1. The summed E-state index contributed by atoms with van der Waals surface area (Å²) in [6, 6.07) is 7.53. The van der Waals surface area contributed by atoms with Gasteiger partial charge in [0.25, 0.3) is 0 Å². The lowest BCUT2D eigenvalue weighted by atomic mass is 10.1. The van der Waals surface area contributed by atoms with Gasteiger partial charge in [-0.1, -0.05) is 24.3 Å². The second-order valence-electron chi connectivity index (χ2n) is 3.37. The molecule has 3 heteroatoms. The minimum absolute atomic E-state index is 0.0801. The van der Waals surface area contributed by atoms with Gasteiger partial charge in [-0.3, -0.25) is 4.79 Å². The van der Waals surface area contributed by atoms with E-state index in [1.54, 1.807) is 0 Å². The zero-order valence-corrected chi connectivity index (χ0v) is 8.79. The van der Waals surface area contributed by atoms with E-state index in [1.807, 2.05) is 31.2 Å². The summed E-state index contributed by atoms with van der Waals surface area (Å²) in [6.45, 7) is 1.94. The summed E-state index contributed by atoms with van der Waals surface area (Å²) in [6.07, 6.45) is 0.894. The Balaban J connectivity index is 2.63. The fraction of sp³-hybridized carbons (Fsp3) is 0.364. The molecule has 0 aliphatic heterocycles. The van der Waals surface area contributed by atoms with Crippen LogP contribution >= 0.6 is 11.6 Å². The van der Waals surface area contributed by atoms with E-state index in [4.69, 9.17) is 16.7 Å². The molecule has 1 N–H and O–H groups in total. The average Bonchev–Trinajstić information content (AvgIpc) is 2.06. The first-order valence-corrected chi connectivity index (χ1v) is 4.95. The molecule has 0 aliphatic carbocycles. The monoisotopic (exact) mass is 212 g/mol. The van der Waals surface area contributed by atoms with Gasteiger partial charge in [0.1, 0.15) is 0 Å². The maximum absolute atomic E-state index is 10.4. The highest BCUT2D eigenvalue weighted by atomic mass is 35.5. The van der Waals surface area contributed by atoms with E-state index >= 15 is 0 Å².